The van der Waals surface area contributed by atoms with Gasteiger partial charge >= 0.3 is 0 Å². The summed E-state index contributed by atoms with van der Waals surface area (Å²) in [6.45, 7) is 11.7. The van der Waals surface area contributed by atoms with Crippen molar-refractivity contribution in [3.8, 4) is 0 Å². The molecule has 0 aromatic rings. The van der Waals surface area contributed by atoms with Gasteiger partial charge in [0.1, 0.15) is 0 Å². The van der Waals surface area contributed by atoms with Gasteiger partial charge in [-0.25, -0.2) is 0 Å². The van der Waals surface area contributed by atoms with Crippen LogP contribution in [0, 0.1) is 16.7 Å². The van der Waals surface area contributed by atoms with Crippen LogP contribution in [-0.2, 0) is 0 Å². The Morgan fingerprint density at radius 2 is 1.65 bits per heavy atom. The lowest BCUT2D eigenvalue weighted by Gasteiger charge is -2.49. The van der Waals surface area contributed by atoms with Crippen molar-refractivity contribution in [1.29, 1.82) is 0 Å². The molecule has 0 aromatic heterocycles. The summed E-state index contributed by atoms with van der Waals surface area (Å²) in [5.41, 5.74) is 5.51. The van der Waals surface area contributed by atoms with Crippen LogP contribution >= 0.6 is 0 Å². The molecule has 1 rings (SSSR count). The maximum atomic E-state index is 10.8. The first-order valence-electron chi connectivity index (χ1n) is 7.11. The molecule has 0 unspecified atom stereocenters. The largest absolute Gasteiger partial charge is 0.389 e. The summed E-state index contributed by atoms with van der Waals surface area (Å²) < 4.78 is 0. The van der Waals surface area contributed by atoms with E-state index in [1.807, 2.05) is 0 Å². The third kappa shape index (κ3) is 2.85. The van der Waals surface area contributed by atoms with Crippen LogP contribution in [0.5, 0.6) is 0 Å². The second-order valence-electron chi connectivity index (χ2n) is 7.24. The Hall–Kier alpha value is -0.0800. The second kappa shape index (κ2) is 4.89. The molecule has 102 valence electrons. The fourth-order valence-electron chi connectivity index (χ4n) is 3.03. The lowest BCUT2D eigenvalue weighted by Crippen LogP contribution is -2.51. The van der Waals surface area contributed by atoms with Crippen molar-refractivity contribution in [2.24, 2.45) is 22.5 Å². The fraction of sp³-hybridized carbons (Fsp3) is 1.00. The molecule has 1 fully saturated rings. The molecule has 1 saturated carbocycles. The summed E-state index contributed by atoms with van der Waals surface area (Å²) in [6, 6.07) is 0. The minimum atomic E-state index is -0.554. The van der Waals surface area contributed by atoms with Crippen molar-refractivity contribution in [2.75, 3.05) is 6.54 Å². The third-order valence-electron chi connectivity index (χ3n) is 5.60. The Morgan fingerprint density at radius 3 is 2.00 bits per heavy atom. The van der Waals surface area contributed by atoms with Crippen LogP contribution < -0.4 is 5.73 Å². The van der Waals surface area contributed by atoms with E-state index in [-0.39, 0.29) is 5.41 Å². The molecule has 0 spiro atoms. The van der Waals surface area contributed by atoms with Gasteiger partial charge in [0.25, 0.3) is 0 Å². The minimum Gasteiger partial charge on any atom is -0.389 e. The number of hydrogen-bond donors (Lipinski definition) is 2. The topological polar surface area (TPSA) is 46.2 Å². The van der Waals surface area contributed by atoms with E-state index >= 15 is 0 Å². The van der Waals surface area contributed by atoms with Gasteiger partial charge in [0.05, 0.1) is 5.60 Å². The zero-order valence-corrected chi connectivity index (χ0v) is 12.3. The van der Waals surface area contributed by atoms with Gasteiger partial charge in [-0.1, -0.05) is 41.0 Å². The summed E-state index contributed by atoms with van der Waals surface area (Å²) >= 11 is 0. The normalized spacial score (nSPS) is 31.6. The Labute approximate surface area is 107 Å². The van der Waals surface area contributed by atoms with E-state index in [0.717, 1.165) is 31.6 Å². The van der Waals surface area contributed by atoms with Crippen LogP contribution in [0.3, 0.4) is 0 Å². The molecule has 2 nitrogen and oxygen atoms in total. The molecule has 1 aliphatic carbocycles. The van der Waals surface area contributed by atoms with Crippen LogP contribution in [0.2, 0.25) is 0 Å². The van der Waals surface area contributed by atoms with Crippen LogP contribution in [-0.4, -0.2) is 17.3 Å². The number of hydrogen-bond acceptors (Lipinski definition) is 2. The summed E-state index contributed by atoms with van der Waals surface area (Å²) in [4.78, 5) is 0. The van der Waals surface area contributed by atoms with Gasteiger partial charge in [-0.2, -0.15) is 0 Å². The lowest BCUT2D eigenvalue weighted by molar-refractivity contribution is -0.106. The van der Waals surface area contributed by atoms with Gasteiger partial charge in [0, 0.05) is 12.0 Å². The van der Waals surface area contributed by atoms with Gasteiger partial charge in [-0.05, 0) is 37.0 Å². The molecule has 0 atom stereocenters. The maximum Gasteiger partial charge on any atom is 0.0710 e. The van der Waals surface area contributed by atoms with E-state index in [0.29, 0.717) is 12.0 Å². The number of aliphatic hydroxyl groups is 1. The molecule has 0 amide bonds. The van der Waals surface area contributed by atoms with E-state index in [9.17, 15) is 5.11 Å². The van der Waals surface area contributed by atoms with Crippen LogP contribution in [0.25, 0.3) is 0 Å². The quantitative estimate of drug-likeness (QED) is 0.793. The molecule has 0 radical (unpaired) electrons. The van der Waals surface area contributed by atoms with Crippen molar-refractivity contribution < 1.29 is 5.11 Å². The zero-order valence-electron chi connectivity index (χ0n) is 12.3. The first-order chi connectivity index (χ1) is 7.68. The van der Waals surface area contributed by atoms with Gasteiger partial charge in [-0.15, -0.1) is 0 Å². The Morgan fingerprint density at radius 1 is 1.18 bits per heavy atom. The van der Waals surface area contributed by atoms with Gasteiger partial charge in [0.15, 0.2) is 0 Å². The molecule has 1 aliphatic rings. The van der Waals surface area contributed by atoms with Gasteiger partial charge < -0.3 is 10.8 Å². The Balaban J connectivity index is 2.68. The average molecular weight is 241 g/mol. The highest BCUT2D eigenvalue weighted by molar-refractivity contribution is 4.98. The number of nitrogens with two attached hydrogens (primary N) is 1. The highest BCUT2D eigenvalue weighted by atomic mass is 16.3. The molecule has 0 bridgehead atoms. The van der Waals surface area contributed by atoms with E-state index in [1.54, 1.807) is 0 Å². The average Bonchev–Trinajstić information content (AvgIpc) is 2.29. The van der Waals surface area contributed by atoms with Crippen molar-refractivity contribution in [1.82, 2.24) is 0 Å². The highest BCUT2D eigenvalue weighted by Gasteiger charge is 2.46. The van der Waals surface area contributed by atoms with E-state index in [1.165, 1.54) is 6.42 Å². The van der Waals surface area contributed by atoms with E-state index in [4.69, 9.17) is 5.73 Å². The standard InChI is InChI=1S/C15H31NO/c1-6-13(2,3)12-7-9-15(17,10-8-12)14(4,5)11-16/h12,17H,6-11,16H2,1-5H3. The molecule has 17 heavy (non-hydrogen) atoms. The van der Waals surface area contributed by atoms with Crippen LogP contribution in [0.1, 0.15) is 66.7 Å². The molecular weight excluding hydrogens is 210 g/mol. The summed E-state index contributed by atoms with van der Waals surface area (Å²) in [5, 5.41) is 10.8. The molecular formula is C15H31NO. The Bertz CT molecular complexity index is 250. The van der Waals surface area contributed by atoms with Crippen molar-refractivity contribution in [3.05, 3.63) is 0 Å². The zero-order chi connectivity index (χ0) is 13.3. The van der Waals surface area contributed by atoms with Crippen molar-refractivity contribution >= 4 is 0 Å². The monoisotopic (exact) mass is 241 g/mol. The maximum absolute atomic E-state index is 10.8. The predicted octanol–water partition coefficient (Wildman–Crippen LogP) is 3.33. The lowest BCUT2D eigenvalue weighted by atomic mass is 9.60. The van der Waals surface area contributed by atoms with Gasteiger partial charge in [-0.3, -0.25) is 0 Å². The Kier molecular flexibility index (Phi) is 4.31. The second-order valence-corrected chi connectivity index (χ2v) is 7.24. The highest BCUT2D eigenvalue weighted by Crippen LogP contribution is 2.48. The summed E-state index contributed by atoms with van der Waals surface area (Å²) in [5.74, 6) is 0.751. The van der Waals surface area contributed by atoms with Crippen LogP contribution in [0.15, 0.2) is 0 Å². The molecule has 0 saturated heterocycles. The van der Waals surface area contributed by atoms with E-state index in [2.05, 4.69) is 34.6 Å². The molecule has 2 heteroatoms. The van der Waals surface area contributed by atoms with Crippen molar-refractivity contribution in [3.63, 3.8) is 0 Å². The van der Waals surface area contributed by atoms with Crippen molar-refractivity contribution in [2.45, 2.75) is 72.3 Å². The first kappa shape index (κ1) is 15.0. The smallest absolute Gasteiger partial charge is 0.0710 e. The first-order valence-corrected chi connectivity index (χ1v) is 7.11. The van der Waals surface area contributed by atoms with E-state index < -0.39 is 5.60 Å². The molecule has 0 aliphatic heterocycles. The summed E-state index contributed by atoms with van der Waals surface area (Å²) in [7, 11) is 0. The SMILES string of the molecule is CCC(C)(C)C1CCC(O)(C(C)(C)CN)CC1. The summed E-state index contributed by atoms with van der Waals surface area (Å²) in [6.07, 6.45) is 5.31. The fourth-order valence-corrected chi connectivity index (χ4v) is 3.03. The predicted molar refractivity (Wildman–Crippen MR) is 73.8 cm³/mol. The van der Waals surface area contributed by atoms with Gasteiger partial charge in [0.2, 0.25) is 0 Å². The molecule has 0 aromatic carbocycles. The van der Waals surface area contributed by atoms with Crippen LogP contribution in [0.4, 0.5) is 0 Å². The minimum absolute atomic E-state index is 0.158. The third-order valence-corrected chi connectivity index (χ3v) is 5.60. The molecule has 3 N–H and O–H groups in total. The molecule has 0 heterocycles. The number of rotatable bonds is 4.